The predicted molar refractivity (Wildman–Crippen MR) is 102 cm³/mol. The number of carbonyl (C=O) groups excluding carboxylic acids is 1. The van der Waals surface area contributed by atoms with Gasteiger partial charge >= 0.3 is 0 Å². The third kappa shape index (κ3) is 3.29. The first-order valence-corrected chi connectivity index (χ1v) is 9.07. The van der Waals surface area contributed by atoms with Crippen molar-refractivity contribution in [1.29, 1.82) is 0 Å². The second-order valence-electron chi connectivity index (χ2n) is 6.96. The average Bonchev–Trinajstić information content (AvgIpc) is 2.72. The summed E-state index contributed by atoms with van der Waals surface area (Å²) >= 11 is 0. The van der Waals surface area contributed by atoms with Crippen LogP contribution in [-0.4, -0.2) is 22.6 Å². The molecule has 1 aliphatic rings. The number of hydrogen-bond donors (Lipinski definition) is 2. The van der Waals surface area contributed by atoms with Gasteiger partial charge in [-0.25, -0.2) is 8.78 Å². The van der Waals surface area contributed by atoms with Crippen LogP contribution >= 0.6 is 0 Å². The molecular formula is C22H18F2N2O3. The minimum Gasteiger partial charge on any atom is -0.503 e. The highest BCUT2D eigenvalue weighted by Gasteiger charge is 2.42. The smallest absolute Gasteiger partial charge is 0.252 e. The number of benzene rings is 2. The van der Waals surface area contributed by atoms with Crippen LogP contribution in [0.4, 0.5) is 8.78 Å². The second-order valence-corrected chi connectivity index (χ2v) is 6.96. The maximum atomic E-state index is 13.8. The van der Waals surface area contributed by atoms with Crippen LogP contribution in [0.5, 0.6) is 11.5 Å². The van der Waals surface area contributed by atoms with E-state index >= 15 is 0 Å². The molecular weight excluding hydrogens is 378 g/mol. The maximum Gasteiger partial charge on any atom is 0.252 e. The summed E-state index contributed by atoms with van der Waals surface area (Å²) in [5.74, 6) is -3.69. The number of nitrogens with zero attached hydrogens (tertiary/aromatic N) is 1. The Bertz CT molecular complexity index is 1060. The van der Waals surface area contributed by atoms with Crippen LogP contribution in [0.15, 0.2) is 54.7 Å². The van der Waals surface area contributed by atoms with Gasteiger partial charge in [0.05, 0.1) is 6.61 Å². The van der Waals surface area contributed by atoms with Crippen molar-refractivity contribution in [2.24, 2.45) is 0 Å². The maximum absolute atomic E-state index is 13.8. The van der Waals surface area contributed by atoms with Gasteiger partial charge < -0.3 is 15.2 Å². The van der Waals surface area contributed by atoms with Gasteiger partial charge in [0.1, 0.15) is 17.0 Å². The number of hydrogen-bond acceptors (Lipinski definition) is 4. The number of amides is 1. The van der Waals surface area contributed by atoms with Gasteiger partial charge in [-0.3, -0.25) is 9.78 Å². The van der Waals surface area contributed by atoms with Gasteiger partial charge in [0, 0.05) is 18.2 Å². The lowest BCUT2D eigenvalue weighted by Crippen LogP contribution is -2.50. The van der Waals surface area contributed by atoms with Crippen molar-refractivity contribution in [3.63, 3.8) is 0 Å². The molecule has 4 rings (SSSR count). The highest BCUT2D eigenvalue weighted by atomic mass is 19.1. The molecule has 7 heteroatoms. The topological polar surface area (TPSA) is 71.5 Å². The summed E-state index contributed by atoms with van der Waals surface area (Å²) in [6.45, 7) is 2.28. The van der Waals surface area contributed by atoms with Gasteiger partial charge in [0.25, 0.3) is 5.91 Å². The molecule has 0 bridgehead atoms. The van der Waals surface area contributed by atoms with E-state index in [4.69, 9.17) is 4.74 Å². The third-order valence-corrected chi connectivity index (χ3v) is 5.06. The molecule has 1 aromatic heterocycles. The lowest BCUT2D eigenvalue weighted by Gasteiger charge is -2.39. The fraction of sp³-hybridized carbons (Fsp3) is 0.182. The van der Waals surface area contributed by atoms with Crippen molar-refractivity contribution in [1.82, 2.24) is 10.3 Å². The van der Waals surface area contributed by atoms with Gasteiger partial charge in [-0.15, -0.1) is 0 Å². The molecule has 3 aromatic rings. The number of phenolic OH excluding ortho intramolecular Hbond substituents is 1. The quantitative estimate of drug-likeness (QED) is 0.706. The SMILES string of the molecule is Cc1ccc([C@@]2(NC(=O)c3cc(F)c(O)c(F)c3)CCOc3cccnc32)cc1. The first-order valence-electron chi connectivity index (χ1n) is 9.07. The highest BCUT2D eigenvalue weighted by molar-refractivity contribution is 5.95. The monoisotopic (exact) mass is 396 g/mol. The summed E-state index contributed by atoms with van der Waals surface area (Å²) in [7, 11) is 0. The molecule has 0 fully saturated rings. The first kappa shape index (κ1) is 18.9. The Balaban J connectivity index is 1.83. The van der Waals surface area contributed by atoms with Crippen LogP contribution in [-0.2, 0) is 5.54 Å². The number of aromatic hydroxyl groups is 1. The van der Waals surface area contributed by atoms with Gasteiger partial charge in [-0.05, 0) is 36.8 Å². The molecule has 0 unspecified atom stereocenters. The number of ether oxygens (including phenoxy) is 1. The van der Waals surface area contributed by atoms with Crippen molar-refractivity contribution in [2.45, 2.75) is 18.9 Å². The average molecular weight is 396 g/mol. The Morgan fingerprint density at radius 2 is 1.86 bits per heavy atom. The van der Waals surface area contributed by atoms with E-state index in [1.165, 1.54) is 0 Å². The van der Waals surface area contributed by atoms with Crippen molar-refractivity contribution in [2.75, 3.05) is 6.61 Å². The first-order chi connectivity index (χ1) is 13.9. The molecule has 2 aromatic carbocycles. The lowest BCUT2D eigenvalue weighted by atomic mass is 9.81. The molecule has 0 saturated heterocycles. The number of fused-ring (bicyclic) bond motifs is 1. The molecule has 0 aliphatic carbocycles. The van der Waals surface area contributed by atoms with Crippen LogP contribution < -0.4 is 10.1 Å². The molecule has 1 atom stereocenters. The Hall–Kier alpha value is -3.48. The molecule has 2 heterocycles. The van der Waals surface area contributed by atoms with Crippen molar-refractivity contribution in [3.05, 3.63) is 88.7 Å². The molecule has 0 radical (unpaired) electrons. The largest absolute Gasteiger partial charge is 0.503 e. The number of aryl methyl sites for hydroxylation is 1. The minimum absolute atomic E-state index is 0.242. The summed E-state index contributed by atoms with van der Waals surface area (Å²) in [6.07, 6.45) is 1.98. The van der Waals surface area contributed by atoms with Gasteiger partial charge in [0.15, 0.2) is 17.4 Å². The van der Waals surface area contributed by atoms with E-state index < -0.39 is 28.8 Å². The summed E-state index contributed by atoms with van der Waals surface area (Å²) in [6, 6.07) is 12.7. The Morgan fingerprint density at radius 3 is 2.55 bits per heavy atom. The molecule has 0 saturated carbocycles. The fourth-order valence-corrected chi connectivity index (χ4v) is 3.54. The Kier molecular flexibility index (Phi) is 4.66. The predicted octanol–water partition coefficient (Wildman–Crippen LogP) is 3.83. The molecule has 0 spiro atoms. The molecule has 1 aliphatic heterocycles. The number of nitrogens with one attached hydrogen (secondary N) is 1. The van der Waals surface area contributed by atoms with Crippen molar-refractivity contribution < 1.29 is 23.4 Å². The van der Waals surface area contributed by atoms with Crippen LogP contribution in [0.1, 0.15) is 33.6 Å². The standard InChI is InChI=1S/C22H18F2N2O3/c1-13-4-6-15(7-5-13)22(8-10-29-18-3-2-9-25-20(18)22)26-21(28)14-11-16(23)19(27)17(24)12-14/h2-7,9,11-12,27H,8,10H2,1H3,(H,26,28)/t22-/m0/s1. The highest BCUT2D eigenvalue weighted by Crippen LogP contribution is 2.40. The zero-order chi connectivity index (χ0) is 20.6. The van der Waals surface area contributed by atoms with Gasteiger partial charge in [0.2, 0.25) is 0 Å². The minimum atomic E-state index is -1.20. The number of rotatable bonds is 3. The second kappa shape index (κ2) is 7.16. The molecule has 148 valence electrons. The van der Waals surface area contributed by atoms with Gasteiger partial charge in [-0.1, -0.05) is 29.8 Å². The molecule has 1 amide bonds. The number of carbonyl (C=O) groups is 1. The number of phenols is 1. The number of pyridine rings is 1. The molecule has 2 N–H and O–H groups in total. The van der Waals surface area contributed by atoms with Gasteiger partial charge in [-0.2, -0.15) is 0 Å². The van der Waals surface area contributed by atoms with E-state index in [9.17, 15) is 18.7 Å². The third-order valence-electron chi connectivity index (χ3n) is 5.06. The Labute approximate surface area is 166 Å². The fourth-order valence-electron chi connectivity index (χ4n) is 3.54. The van der Waals surface area contributed by atoms with Crippen LogP contribution in [0, 0.1) is 18.6 Å². The zero-order valence-corrected chi connectivity index (χ0v) is 15.6. The summed E-state index contributed by atoms with van der Waals surface area (Å²) in [5.41, 5.74) is 1.06. The van der Waals surface area contributed by atoms with E-state index in [1.54, 1.807) is 18.3 Å². The summed E-state index contributed by atoms with van der Waals surface area (Å²) in [4.78, 5) is 17.4. The lowest BCUT2D eigenvalue weighted by molar-refractivity contribution is 0.0882. The zero-order valence-electron chi connectivity index (χ0n) is 15.6. The van der Waals surface area contributed by atoms with Crippen LogP contribution in [0.25, 0.3) is 0 Å². The summed E-state index contributed by atoms with van der Waals surface area (Å²) in [5, 5.41) is 12.2. The Morgan fingerprint density at radius 1 is 1.17 bits per heavy atom. The van der Waals surface area contributed by atoms with Crippen molar-refractivity contribution in [3.8, 4) is 11.5 Å². The van der Waals surface area contributed by atoms with Crippen LogP contribution in [0.3, 0.4) is 0 Å². The van der Waals surface area contributed by atoms with E-state index in [1.807, 2.05) is 31.2 Å². The summed E-state index contributed by atoms with van der Waals surface area (Å²) < 4.78 is 33.3. The van der Waals surface area contributed by atoms with Crippen LogP contribution in [0.2, 0.25) is 0 Å². The van der Waals surface area contributed by atoms with E-state index in [0.29, 0.717) is 24.5 Å². The van der Waals surface area contributed by atoms with E-state index in [0.717, 1.165) is 23.3 Å². The van der Waals surface area contributed by atoms with E-state index in [-0.39, 0.29) is 5.56 Å². The number of halogens is 2. The van der Waals surface area contributed by atoms with Crippen molar-refractivity contribution >= 4 is 5.91 Å². The molecule has 5 nitrogen and oxygen atoms in total. The molecule has 29 heavy (non-hydrogen) atoms. The number of aromatic nitrogens is 1. The van der Waals surface area contributed by atoms with E-state index in [2.05, 4.69) is 10.3 Å². The normalized spacial score (nSPS) is 17.9.